The molecule has 1 aromatic carbocycles. The first kappa shape index (κ1) is 9.71. The summed E-state index contributed by atoms with van der Waals surface area (Å²) in [6, 6.07) is 7.84. The van der Waals surface area contributed by atoms with Gasteiger partial charge in [0, 0.05) is 0 Å². The van der Waals surface area contributed by atoms with Crippen molar-refractivity contribution in [3.05, 3.63) is 34.6 Å². The zero-order valence-corrected chi connectivity index (χ0v) is 9.48. The number of hydrogen-bond acceptors (Lipinski definition) is 2. The van der Waals surface area contributed by atoms with Crippen LogP contribution in [0.15, 0.2) is 29.1 Å². The summed E-state index contributed by atoms with van der Waals surface area (Å²) in [4.78, 5) is 11.8. The number of aryl methyl sites for hydroxylation is 1. The maximum atomic E-state index is 11.8. The van der Waals surface area contributed by atoms with E-state index in [4.69, 9.17) is 5.73 Å². The van der Waals surface area contributed by atoms with Crippen LogP contribution in [0.1, 0.15) is 6.42 Å². The van der Waals surface area contributed by atoms with Crippen LogP contribution in [-0.4, -0.2) is 24.8 Å². The molecular formula is C10H12N2OSe. The third-order valence-corrected chi connectivity index (χ3v) is 4.47. The van der Waals surface area contributed by atoms with Crippen molar-refractivity contribution in [1.29, 1.82) is 0 Å². The topological polar surface area (TPSA) is 48.0 Å². The fourth-order valence-electron chi connectivity index (χ4n) is 1.40. The van der Waals surface area contributed by atoms with Crippen LogP contribution in [0.5, 0.6) is 0 Å². The maximum absolute atomic E-state index is 11.8. The van der Waals surface area contributed by atoms with Crippen LogP contribution in [0, 0.1) is 0 Å². The predicted molar refractivity (Wildman–Crippen MR) is 58.8 cm³/mol. The van der Waals surface area contributed by atoms with Gasteiger partial charge in [-0.2, -0.15) is 0 Å². The molecule has 0 aliphatic heterocycles. The van der Waals surface area contributed by atoms with E-state index in [9.17, 15) is 4.79 Å². The van der Waals surface area contributed by atoms with Gasteiger partial charge in [0.1, 0.15) is 0 Å². The van der Waals surface area contributed by atoms with Crippen molar-refractivity contribution in [3.8, 4) is 0 Å². The zero-order valence-electron chi connectivity index (χ0n) is 7.77. The summed E-state index contributed by atoms with van der Waals surface area (Å²) in [6.45, 7) is 1.44. The second kappa shape index (κ2) is 4.13. The number of nitrogens with zero attached hydrogens (tertiary/aromatic N) is 1. The summed E-state index contributed by atoms with van der Waals surface area (Å²) in [6.07, 6.45) is 0.890. The molecule has 0 saturated heterocycles. The van der Waals surface area contributed by atoms with Crippen molar-refractivity contribution < 1.29 is 0 Å². The summed E-state index contributed by atoms with van der Waals surface area (Å²) >= 11 is 0.169. The minimum atomic E-state index is 0.169. The Morgan fingerprint density at radius 1 is 1.36 bits per heavy atom. The van der Waals surface area contributed by atoms with E-state index >= 15 is 0 Å². The molecule has 0 spiro atoms. The third kappa shape index (κ3) is 1.69. The fourth-order valence-corrected chi connectivity index (χ4v) is 3.57. The zero-order chi connectivity index (χ0) is 9.97. The predicted octanol–water partition coefficient (Wildman–Crippen LogP) is 0.407. The van der Waals surface area contributed by atoms with Crippen LogP contribution < -0.4 is 11.3 Å². The standard InChI is InChI=1S/C10H12N2OSe/c11-6-3-7-12-10(13)8-4-1-2-5-9(8)14-12/h1-2,4-5H,3,6-7,11H2. The van der Waals surface area contributed by atoms with Crippen molar-refractivity contribution in [2.45, 2.75) is 13.0 Å². The molecule has 0 atom stereocenters. The number of fused-ring (bicyclic) bond motifs is 1. The van der Waals surface area contributed by atoms with Gasteiger partial charge >= 0.3 is 87.8 Å². The van der Waals surface area contributed by atoms with Crippen molar-refractivity contribution in [1.82, 2.24) is 3.56 Å². The number of benzene rings is 1. The molecule has 0 aliphatic carbocycles. The Labute approximate surface area is 88.1 Å². The van der Waals surface area contributed by atoms with E-state index < -0.39 is 0 Å². The Hall–Kier alpha value is -0.831. The van der Waals surface area contributed by atoms with Crippen molar-refractivity contribution in [2.24, 2.45) is 5.73 Å². The number of aromatic nitrogens is 1. The van der Waals surface area contributed by atoms with Gasteiger partial charge in [-0.15, -0.1) is 0 Å². The average molecular weight is 255 g/mol. The summed E-state index contributed by atoms with van der Waals surface area (Å²) in [5.41, 5.74) is 5.60. The third-order valence-electron chi connectivity index (χ3n) is 2.12. The molecule has 2 rings (SSSR count). The molecule has 3 nitrogen and oxygen atoms in total. The molecule has 0 amide bonds. The molecule has 0 radical (unpaired) electrons. The van der Waals surface area contributed by atoms with Crippen LogP contribution in [0.25, 0.3) is 9.65 Å². The Bertz CT molecular complexity index is 486. The van der Waals surface area contributed by atoms with Crippen LogP contribution >= 0.6 is 0 Å². The Balaban J connectivity index is 2.47. The molecule has 2 aromatic rings. The van der Waals surface area contributed by atoms with E-state index in [1.807, 2.05) is 27.8 Å². The molecule has 0 bridgehead atoms. The first-order chi connectivity index (χ1) is 6.83. The van der Waals surface area contributed by atoms with E-state index in [2.05, 4.69) is 0 Å². The van der Waals surface area contributed by atoms with Crippen LogP contribution in [0.3, 0.4) is 0 Å². The summed E-state index contributed by atoms with van der Waals surface area (Å²) < 4.78 is 3.12. The molecule has 4 heteroatoms. The van der Waals surface area contributed by atoms with E-state index in [0.29, 0.717) is 6.54 Å². The Morgan fingerprint density at radius 3 is 2.86 bits per heavy atom. The minimum absolute atomic E-state index is 0.169. The number of nitrogens with two attached hydrogens (primary N) is 1. The molecule has 74 valence electrons. The van der Waals surface area contributed by atoms with Crippen molar-refractivity contribution in [3.63, 3.8) is 0 Å². The van der Waals surface area contributed by atoms with Gasteiger partial charge in [0.2, 0.25) is 0 Å². The number of rotatable bonds is 3. The molecule has 1 aromatic heterocycles. The fraction of sp³-hybridized carbons (Fsp3) is 0.300. The first-order valence-electron chi connectivity index (χ1n) is 4.62. The van der Waals surface area contributed by atoms with E-state index in [1.54, 1.807) is 0 Å². The van der Waals surface area contributed by atoms with Gasteiger partial charge in [-0.25, -0.2) is 0 Å². The summed E-state index contributed by atoms with van der Waals surface area (Å²) in [5, 5.41) is 0.879. The van der Waals surface area contributed by atoms with Gasteiger partial charge < -0.3 is 0 Å². The molecule has 0 unspecified atom stereocenters. The van der Waals surface area contributed by atoms with Crippen molar-refractivity contribution >= 4 is 24.4 Å². The van der Waals surface area contributed by atoms with Gasteiger partial charge in [0.25, 0.3) is 0 Å². The van der Waals surface area contributed by atoms with E-state index in [-0.39, 0.29) is 20.3 Å². The SMILES string of the molecule is NCCCn1[se]c2ccccc2c1=O. The molecule has 0 aliphatic rings. The molecule has 0 saturated carbocycles. The molecule has 2 N–H and O–H groups in total. The van der Waals surface area contributed by atoms with Gasteiger partial charge in [-0.05, 0) is 0 Å². The van der Waals surface area contributed by atoms with Crippen molar-refractivity contribution in [2.75, 3.05) is 6.54 Å². The summed E-state index contributed by atoms with van der Waals surface area (Å²) in [7, 11) is 0. The Morgan fingerprint density at radius 2 is 2.14 bits per heavy atom. The van der Waals surface area contributed by atoms with Gasteiger partial charge in [-0.3, -0.25) is 0 Å². The van der Waals surface area contributed by atoms with Crippen LogP contribution in [0.4, 0.5) is 0 Å². The normalized spacial score (nSPS) is 10.9. The van der Waals surface area contributed by atoms with Crippen LogP contribution in [-0.2, 0) is 6.54 Å². The molecule has 1 heterocycles. The summed E-state index contributed by atoms with van der Waals surface area (Å²) in [5.74, 6) is 0. The number of hydrogen-bond donors (Lipinski definition) is 1. The first-order valence-corrected chi connectivity index (χ1v) is 6.24. The average Bonchev–Trinajstić information content (AvgIpc) is 2.54. The van der Waals surface area contributed by atoms with Gasteiger partial charge in [0.15, 0.2) is 0 Å². The second-order valence-corrected chi connectivity index (χ2v) is 5.37. The Kier molecular flexibility index (Phi) is 2.87. The van der Waals surface area contributed by atoms with Gasteiger partial charge in [0.05, 0.1) is 0 Å². The molecule has 14 heavy (non-hydrogen) atoms. The quantitative estimate of drug-likeness (QED) is 0.807. The monoisotopic (exact) mass is 256 g/mol. The van der Waals surface area contributed by atoms with Gasteiger partial charge in [-0.1, -0.05) is 0 Å². The molecule has 0 fully saturated rings. The molecular weight excluding hydrogens is 243 g/mol. The second-order valence-electron chi connectivity index (χ2n) is 3.14. The van der Waals surface area contributed by atoms with Crippen LogP contribution in [0.2, 0.25) is 0 Å². The van der Waals surface area contributed by atoms with E-state index in [1.165, 1.54) is 4.26 Å². The van der Waals surface area contributed by atoms with E-state index in [0.717, 1.165) is 18.4 Å².